The molecule has 0 aliphatic carbocycles. The molecule has 0 radical (unpaired) electrons. The molecule has 4 N–H and O–H groups in total. The van der Waals surface area contributed by atoms with E-state index in [1.54, 1.807) is 42.5 Å². The lowest BCUT2D eigenvalue weighted by Crippen LogP contribution is -2.48. The fraction of sp³-hybridized carbons (Fsp3) is 0.273. The molecule has 1 aliphatic heterocycles. The molecule has 0 bridgehead atoms. The molecule has 1 saturated heterocycles. The van der Waals surface area contributed by atoms with Gasteiger partial charge in [0.1, 0.15) is 18.2 Å². The lowest BCUT2D eigenvalue weighted by atomic mass is 10.1. The van der Waals surface area contributed by atoms with Gasteiger partial charge in [-0.1, -0.05) is 18.2 Å². The lowest BCUT2D eigenvalue weighted by Gasteiger charge is -2.24. The van der Waals surface area contributed by atoms with Gasteiger partial charge in [0.2, 0.25) is 0 Å². The van der Waals surface area contributed by atoms with E-state index in [4.69, 9.17) is 25.7 Å². The molecular weight excluding hydrogens is 416 g/mol. The van der Waals surface area contributed by atoms with Gasteiger partial charge in [-0.2, -0.15) is 0 Å². The van der Waals surface area contributed by atoms with Crippen LogP contribution in [0.3, 0.4) is 0 Å². The number of carboxylic acids is 1. The Bertz CT molecular complexity index is 1070. The van der Waals surface area contributed by atoms with E-state index in [1.165, 1.54) is 25.1 Å². The number of hydrogen-bond donors (Lipinski definition) is 3. The Morgan fingerprint density at radius 1 is 1.22 bits per heavy atom. The molecule has 10 nitrogen and oxygen atoms in total. The normalized spacial score (nSPS) is 15.9. The Kier molecular flexibility index (Phi) is 6.45. The number of nitrogens with two attached hydrogens (primary N) is 1. The first-order valence-electron chi connectivity index (χ1n) is 9.82. The second-order valence-electron chi connectivity index (χ2n) is 7.96. The molecule has 0 aromatic heterocycles. The topological polar surface area (TPSA) is 143 Å². The van der Waals surface area contributed by atoms with Crippen LogP contribution >= 0.6 is 0 Å². The molecule has 168 valence electrons. The molecule has 2 aromatic rings. The number of rotatable bonds is 8. The maximum absolute atomic E-state index is 12.7. The molecule has 2 aromatic carbocycles. The first kappa shape index (κ1) is 22.8. The Hall–Kier alpha value is -3.92. The van der Waals surface area contributed by atoms with Gasteiger partial charge in [0.05, 0.1) is 26.2 Å². The number of amidine groups is 1. The number of carboxylic acid groups (broad SMARTS) is 1. The minimum Gasteiger partial charge on any atom is -0.490 e. The Labute approximate surface area is 184 Å². The number of benzene rings is 2. The predicted molar refractivity (Wildman–Crippen MR) is 116 cm³/mol. The highest BCUT2D eigenvalue weighted by atomic mass is 16.6. The van der Waals surface area contributed by atoms with E-state index in [2.05, 4.69) is 0 Å². The average Bonchev–Trinajstić information content (AvgIpc) is 3.11. The number of hydrogen-bond acceptors (Lipinski definition) is 6. The standard InChI is InChI=1S/C22H24N4O6/c1-26(2,12-19(27)28)21(29)15-6-4-8-17(10-15)31-13-18-11-25(22(30)32-18)16-7-3-5-14(9-16)20(23)24/h3-10,18H,11-13H2,1-2H3,(H3-,23,24,27,28)/p+1. The van der Waals surface area contributed by atoms with Crippen molar-refractivity contribution in [2.45, 2.75) is 6.10 Å². The van der Waals surface area contributed by atoms with Gasteiger partial charge in [-0.25, -0.2) is 14.4 Å². The number of anilines is 1. The fourth-order valence-corrected chi connectivity index (χ4v) is 3.33. The zero-order valence-corrected chi connectivity index (χ0v) is 17.8. The number of nitrogen functional groups attached to an aromatic ring is 1. The molecule has 2 amide bonds. The summed E-state index contributed by atoms with van der Waals surface area (Å²) in [7, 11) is 3.05. The SMILES string of the molecule is C[N+](C)(CC(=O)O)C(=O)c1cccc(OCC2CN(c3cccc(C(=N)N)c3)C(=O)O2)c1. The van der Waals surface area contributed by atoms with Crippen LogP contribution in [-0.4, -0.2) is 73.3 Å². The zero-order valence-electron chi connectivity index (χ0n) is 17.8. The van der Waals surface area contributed by atoms with E-state index >= 15 is 0 Å². The Morgan fingerprint density at radius 3 is 2.59 bits per heavy atom. The van der Waals surface area contributed by atoms with Crippen LogP contribution in [-0.2, 0) is 9.53 Å². The summed E-state index contributed by atoms with van der Waals surface area (Å²) in [4.78, 5) is 37.4. The lowest BCUT2D eigenvalue weighted by molar-refractivity contribution is -0.799. The summed E-state index contributed by atoms with van der Waals surface area (Å²) in [5, 5.41) is 16.6. The van der Waals surface area contributed by atoms with Crippen LogP contribution in [0.2, 0.25) is 0 Å². The summed E-state index contributed by atoms with van der Waals surface area (Å²) in [5.41, 5.74) is 6.90. The summed E-state index contributed by atoms with van der Waals surface area (Å²) < 4.78 is 10.8. The third-order valence-corrected chi connectivity index (χ3v) is 4.94. The Morgan fingerprint density at radius 2 is 1.91 bits per heavy atom. The molecule has 0 spiro atoms. The van der Waals surface area contributed by atoms with Crippen LogP contribution in [0.1, 0.15) is 15.9 Å². The second kappa shape index (κ2) is 9.06. The highest BCUT2D eigenvalue weighted by molar-refractivity contribution is 5.97. The molecule has 10 heteroatoms. The molecule has 1 heterocycles. The van der Waals surface area contributed by atoms with Gasteiger partial charge in [-0.05, 0) is 30.3 Å². The van der Waals surface area contributed by atoms with Gasteiger partial charge in [-0.3, -0.25) is 14.8 Å². The maximum atomic E-state index is 12.7. The van der Waals surface area contributed by atoms with Gasteiger partial charge in [0.15, 0.2) is 12.6 Å². The number of nitrogens with zero attached hydrogens (tertiary/aromatic N) is 2. The first-order valence-corrected chi connectivity index (χ1v) is 9.82. The van der Waals surface area contributed by atoms with Crippen LogP contribution in [0.4, 0.5) is 10.5 Å². The minimum atomic E-state index is -1.07. The summed E-state index contributed by atoms with van der Waals surface area (Å²) in [6, 6.07) is 13.2. The minimum absolute atomic E-state index is 0.0691. The van der Waals surface area contributed by atoms with Gasteiger partial charge in [0, 0.05) is 11.3 Å². The van der Waals surface area contributed by atoms with Crippen molar-refractivity contribution in [2.24, 2.45) is 5.73 Å². The molecule has 3 rings (SSSR count). The quantitative estimate of drug-likeness (QED) is 0.321. The van der Waals surface area contributed by atoms with E-state index in [9.17, 15) is 14.4 Å². The van der Waals surface area contributed by atoms with Crippen molar-refractivity contribution in [3.8, 4) is 5.75 Å². The van der Waals surface area contributed by atoms with Crippen molar-refractivity contribution in [1.29, 1.82) is 5.41 Å². The highest BCUT2D eigenvalue weighted by Crippen LogP contribution is 2.24. The number of ether oxygens (including phenoxy) is 2. The molecule has 1 unspecified atom stereocenters. The van der Waals surface area contributed by atoms with E-state index in [-0.39, 0.29) is 35.9 Å². The second-order valence-corrected chi connectivity index (χ2v) is 7.96. The third kappa shape index (κ3) is 5.22. The number of quaternary nitrogens is 1. The monoisotopic (exact) mass is 441 g/mol. The van der Waals surface area contributed by atoms with Crippen LogP contribution in [0.25, 0.3) is 0 Å². The van der Waals surface area contributed by atoms with E-state index in [0.717, 1.165) is 0 Å². The summed E-state index contributed by atoms with van der Waals surface area (Å²) in [6.07, 6.45) is -1.07. The van der Waals surface area contributed by atoms with Crippen molar-refractivity contribution in [3.63, 3.8) is 0 Å². The number of amides is 2. The van der Waals surface area contributed by atoms with E-state index in [1.807, 2.05) is 0 Å². The van der Waals surface area contributed by atoms with Gasteiger partial charge >= 0.3 is 18.0 Å². The van der Waals surface area contributed by atoms with Crippen LogP contribution in [0, 0.1) is 5.41 Å². The van der Waals surface area contributed by atoms with Crippen LogP contribution < -0.4 is 15.4 Å². The number of cyclic esters (lactones) is 1. The number of likely N-dealkylation sites (N-methyl/N-ethyl adjacent to an activating group) is 1. The average molecular weight is 441 g/mol. The summed E-state index contributed by atoms with van der Waals surface area (Å²) >= 11 is 0. The fourth-order valence-electron chi connectivity index (χ4n) is 3.33. The van der Waals surface area contributed by atoms with Crippen molar-refractivity contribution in [1.82, 2.24) is 0 Å². The van der Waals surface area contributed by atoms with Gasteiger partial charge in [-0.15, -0.1) is 0 Å². The van der Waals surface area contributed by atoms with Crippen molar-refractivity contribution in [2.75, 3.05) is 38.7 Å². The largest absolute Gasteiger partial charge is 0.490 e. The zero-order chi connectivity index (χ0) is 23.5. The summed E-state index contributed by atoms with van der Waals surface area (Å²) in [6.45, 7) is -0.0242. The molecule has 1 aliphatic rings. The van der Waals surface area contributed by atoms with Gasteiger partial charge < -0.3 is 20.3 Å². The maximum Gasteiger partial charge on any atom is 0.414 e. The molecule has 0 saturated carbocycles. The van der Waals surface area contributed by atoms with E-state index in [0.29, 0.717) is 22.6 Å². The number of carbonyl (C=O) groups is 3. The van der Waals surface area contributed by atoms with Crippen molar-refractivity contribution in [3.05, 3.63) is 59.7 Å². The van der Waals surface area contributed by atoms with Crippen LogP contribution in [0.15, 0.2) is 48.5 Å². The van der Waals surface area contributed by atoms with Crippen molar-refractivity contribution >= 4 is 29.5 Å². The predicted octanol–water partition coefficient (Wildman–Crippen LogP) is 1.68. The smallest absolute Gasteiger partial charge is 0.414 e. The molecule has 1 fully saturated rings. The van der Waals surface area contributed by atoms with Crippen LogP contribution in [0.5, 0.6) is 5.75 Å². The number of aliphatic carboxylic acids is 1. The molecular formula is C22H25N4O6+. The number of carbonyl (C=O) groups excluding carboxylic acids is 2. The Balaban J connectivity index is 1.64. The van der Waals surface area contributed by atoms with Crippen molar-refractivity contribution < 1.29 is 33.4 Å². The molecule has 1 atom stereocenters. The summed E-state index contributed by atoms with van der Waals surface area (Å²) in [5.74, 6) is -1.13. The molecule has 32 heavy (non-hydrogen) atoms. The third-order valence-electron chi connectivity index (χ3n) is 4.94. The first-order chi connectivity index (χ1) is 15.1. The van der Waals surface area contributed by atoms with E-state index < -0.39 is 18.2 Å². The number of nitrogens with one attached hydrogen (secondary N) is 1. The van der Waals surface area contributed by atoms with Gasteiger partial charge in [0.25, 0.3) is 0 Å². The highest BCUT2D eigenvalue weighted by Gasteiger charge is 2.34.